The Kier molecular flexibility index (Phi) is 5.07. The Labute approximate surface area is 161 Å². The van der Waals surface area contributed by atoms with Crippen LogP contribution in [0.5, 0.6) is 5.75 Å². The molecule has 2 rings (SSSR count). The molecule has 2 N–H and O–H groups in total. The highest BCUT2D eigenvalue weighted by Crippen LogP contribution is 3.02. The molecule has 0 fully saturated rings. The summed E-state index contributed by atoms with van der Waals surface area (Å²) in [4.78, 5) is 9.99. The molecule has 0 saturated carbocycles. The summed E-state index contributed by atoms with van der Waals surface area (Å²) >= 11 is 0. The van der Waals surface area contributed by atoms with E-state index >= 15 is 0 Å². The van der Waals surface area contributed by atoms with Gasteiger partial charge in [-0.2, -0.15) is 5.26 Å². The first-order valence-electron chi connectivity index (χ1n) is 7.72. The summed E-state index contributed by atoms with van der Waals surface area (Å²) in [6, 6.07) is 6.26. The highest BCUT2D eigenvalue weighted by molar-refractivity contribution is 8.45. The number of halogens is 6. The Balaban J connectivity index is 2.06. The molecule has 0 aliphatic heterocycles. The topological polar surface area (TPSA) is 82.3 Å². The molecule has 2 aromatic rings. The molecule has 5 nitrogen and oxygen atoms in total. The molecule has 29 heavy (non-hydrogen) atoms. The van der Waals surface area contributed by atoms with Gasteiger partial charge in [0, 0.05) is 11.8 Å². The first-order chi connectivity index (χ1) is 13.0. The average molecular weight is 440 g/mol. The Morgan fingerprint density at radius 3 is 2.24 bits per heavy atom. The van der Waals surface area contributed by atoms with Gasteiger partial charge in [0.1, 0.15) is 29.1 Å². The van der Waals surface area contributed by atoms with Crippen molar-refractivity contribution in [3.8, 4) is 11.8 Å². The molecule has 1 atom stereocenters. The number of nitrogens with one attached hydrogen (secondary N) is 1. The van der Waals surface area contributed by atoms with Gasteiger partial charge in [-0.1, -0.05) is 19.4 Å². The molecule has 0 aromatic heterocycles. The van der Waals surface area contributed by atoms with Gasteiger partial charge in [-0.25, -0.2) is 4.39 Å². The van der Waals surface area contributed by atoms with E-state index in [0.29, 0.717) is 12.1 Å². The lowest BCUT2D eigenvalue weighted by atomic mass is 10.1. The van der Waals surface area contributed by atoms with E-state index in [1.165, 1.54) is 6.07 Å². The van der Waals surface area contributed by atoms with Crippen LogP contribution in [0, 0.1) is 17.1 Å². The van der Waals surface area contributed by atoms with Crippen LogP contribution in [0.15, 0.2) is 47.4 Å². The van der Waals surface area contributed by atoms with Gasteiger partial charge in [-0.3, -0.25) is 4.79 Å². The summed E-state index contributed by atoms with van der Waals surface area (Å²) in [7, 11) is -9.84. The molecule has 0 aliphatic carbocycles. The number of hydrogen-bond donors (Lipinski definition) is 2. The molecule has 0 saturated heterocycles. The van der Waals surface area contributed by atoms with Gasteiger partial charge in [0.15, 0.2) is 5.60 Å². The van der Waals surface area contributed by atoms with Crippen LogP contribution in [0.4, 0.5) is 29.5 Å². The van der Waals surface area contributed by atoms with Crippen LogP contribution in [-0.2, 0) is 4.79 Å². The van der Waals surface area contributed by atoms with Crippen LogP contribution >= 0.6 is 10.2 Å². The Morgan fingerprint density at radius 1 is 1.17 bits per heavy atom. The summed E-state index contributed by atoms with van der Waals surface area (Å²) in [5.74, 6) is -2.07. The van der Waals surface area contributed by atoms with E-state index in [-0.39, 0.29) is 29.1 Å². The second kappa shape index (κ2) is 6.57. The number of aliphatic hydroxyl groups is 1. The lowest BCUT2D eigenvalue weighted by Crippen LogP contribution is -2.45. The molecule has 0 radical (unpaired) electrons. The third-order valence-electron chi connectivity index (χ3n) is 3.63. The molecule has 1 amide bonds. The summed E-state index contributed by atoms with van der Waals surface area (Å²) in [5, 5.41) is 20.9. The van der Waals surface area contributed by atoms with Crippen molar-refractivity contribution >= 4 is 21.8 Å². The maximum atomic E-state index is 13.5. The number of benzene rings is 2. The second-order valence-corrected chi connectivity index (χ2v) is 8.67. The maximum Gasteiger partial charge on any atom is 0.310 e. The molecule has 0 bridgehead atoms. The molecule has 0 spiro atoms. The van der Waals surface area contributed by atoms with Gasteiger partial charge in [-0.05, 0) is 43.3 Å². The molecule has 0 aliphatic rings. The Bertz CT molecular complexity index is 986. The lowest BCUT2D eigenvalue weighted by molar-refractivity contribution is -0.135. The van der Waals surface area contributed by atoms with Crippen molar-refractivity contribution in [2.45, 2.75) is 17.4 Å². The van der Waals surface area contributed by atoms with Gasteiger partial charge < -0.3 is 15.2 Å². The quantitative estimate of drug-likeness (QED) is 0.611. The predicted molar refractivity (Wildman–Crippen MR) is 93.7 cm³/mol. The summed E-state index contributed by atoms with van der Waals surface area (Å²) < 4.78 is 82.0. The first kappa shape index (κ1) is 22.4. The molecule has 2 aromatic carbocycles. The molecule has 1 unspecified atom stereocenters. The van der Waals surface area contributed by atoms with Gasteiger partial charge >= 0.3 is 10.2 Å². The monoisotopic (exact) mass is 440 g/mol. The predicted octanol–water partition coefficient (Wildman–Crippen LogP) is 5.12. The first-order valence-corrected chi connectivity index (χ1v) is 9.67. The fourth-order valence-corrected chi connectivity index (χ4v) is 2.68. The van der Waals surface area contributed by atoms with E-state index in [9.17, 15) is 33.7 Å². The van der Waals surface area contributed by atoms with Crippen molar-refractivity contribution in [3.05, 3.63) is 53.8 Å². The zero-order valence-corrected chi connectivity index (χ0v) is 15.5. The van der Waals surface area contributed by atoms with Gasteiger partial charge in [0.05, 0.1) is 5.56 Å². The van der Waals surface area contributed by atoms with E-state index in [4.69, 9.17) is 10.00 Å². The number of anilines is 1. The smallest absolute Gasteiger partial charge is 0.310 e. The second-order valence-electron chi connectivity index (χ2n) is 6.26. The van der Waals surface area contributed by atoms with E-state index in [1.54, 1.807) is 6.07 Å². The van der Waals surface area contributed by atoms with E-state index in [1.807, 2.05) is 0 Å². The normalized spacial score (nSPS) is 16.0. The zero-order chi connectivity index (χ0) is 22.2. The van der Waals surface area contributed by atoms with E-state index in [0.717, 1.165) is 19.1 Å². The van der Waals surface area contributed by atoms with Crippen LogP contribution in [0.25, 0.3) is 0 Å². The number of carbonyl (C=O) groups is 1. The standard InChI is InChI=1S/C17H14F6N2O3S/c1-17(27,10-28-13-5-2-11(9-24)15(18)8-13)16(26)25-12-3-6-14(7-4-12)29(19,20,21,22)23/h2-8,27H,10H2,1H3,(H,25,26). The lowest BCUT2D eigenvalue weighted by Gasteiger charge is -2.40. The highest BCUT2D eigenvalue weighted by atomic mass is 32.5. The Morgan fingerprint density at radius 2 is 1.76 bits per heavy atom. The van der Waals surface area contributed by atoms with Gasteiger partial charge in [0.25, 0.3) is 5.91 Å². The minimum Gasteiger partial charge on any atom is -0.490 e. The summed E-state index contributed by atoms with van der Waals surface area (Å²) in [5.41, 5.74) is -2.72. The number of amides is 1. The third kappa shape index (κ3) is 5.78. The largest absolute Gasteiger partial charge is 0.490 e. The van der Waals surface area contributed by atoms with Crippen LogP contribution in [0.3, 0.4) is 0 Å². The molecule has 12 heteroatoms. The number of nitriles is 1. The number of nitrogens with zero attached hydrogens (tertiary/aromatic N) is 1. The summed E-state index contributed by atoms with van der Waals surface area (Å²) in [6.45, 7) is 0.346. The molecular weight excluding hydrogens is 426 g/mol. The van der Waals surface area contributed by atoms with Crippen molar-refractivity contribution in [1.29, 1.82) is 5.26 Å². The van der Waals surface area contributed by atoms with E-state index in [2.05, 4.69) is 5.32 Å². The third-order valence-corrected chi connectivity index (χ3v) is 4.79. The zero-order valence-electron chi connectivity index (χ0n) is 14.6. The van der Waals surface area contributed by atoms with Crippen molar-refractivity contribution in [3.63, 3.8) is 0 Å². The van der Waals surface area contributed by atoms with Crippen molar-refractivity contribution < 1.29 is 38.5 Å². The van der Waals surface area contributed by atoms with Gasteiger partial charge in [0.2, 0.25) is 0 Å². The average Bonchev–Trinajstić information content (AvgIpc) is 2.58. The fourth-order valence-electron chi connectivity index (χ4n) is 2.03. The van der Waals surface area contributed by atoms with Crippen LogP contribution in [-0.4, -0.2) is 23.2 Å². The Hall–Kier alpha value is -2.91. The van der Waals surface area contributed by atoms with Crippen LogP contribution in [0.1, 0.15) is 12.5 Å². The molecule has 158 valence electrons. The fraction of sp³-hybridized carbons (Fsp3) is 0.176. The maximum absolute atomic E-state index is 13.5. The van der Waals surface area contributed by atoms with Crippen molar-refractivity contribution in [1.82, 2.24) is 0 Å². The minimum atomic E-state index is -9.84. The molecular formula is C17H14F6N2O3S. The van der Waals surface area contributed by atoms with E-state index < -0.39 is 39.1 Å². The van der Waals surface area contributed by atoms with Crippen LogP contribution < -0.4 is 10.1 Å². The molecule has 0 heterocycles. The number of hydrogen-bond acceptors (Lipinski definition) is 4. The highest BCUT2D eigenvalue weighted by Gasteiger charge is 2.65. The van der Waals surface area contributed by atoms with Gasteiger partial charge in [-0.15, -0.1) is 0 Å². The number of ether oxygens (including phenoxy) is 1. The van der Waals surface area contributed by atoms with Crippen molar-refractivity contribution in [2.24, 2.45) is 0 Å². The SMILES string of the molecule is CC(O)(COc1ccc(C#N)c(F)c1)C(=O)Nc1ccc(S(F)(F)(F)(F)F)cc1. The number of rotatable bonds is 6. The number of carbonyl (C=O) groups excluding carboxylic acids is 1. The van der Waals surface area contributed by atoms with Crippen LogP contribution in [0.2, 0.25) is 0 Å². The van der Waals surface area contributed by atoms with Crippen molar-refractivity contribution in [2.75, 3.05) is 11.9 Å². The minimum absolute atomic E-state index is 0.0881. The summed E-state index contributed by atoms with van der Waals surface area (Å²) in [6.07, 6.45) is 0.